The Hall–Kier alpha value is -4.36. The minimum atomic E-state index is -10.7. The first-order valence-electron chi connectivity index (χ1n) is 19.3. The Morgan fingerprint density at radius 1 is 0.516 bits per heavy atom. The minimum absolute atomic E-state index is 0. The van der Waals surface area contributed by atoms with Gasteiger partial charge in [0.2, 0.25) is 0 Å². The molecule has 0 spiro atoms. The van der Waals surface area contributed by atoms with Crippen LogP contribution in [0.15, 0.2) is 176 Å². The van der Waals surface area contributed by atoms with E-state index in [2.05, 4.69) is 211 Å². The molecule has 3 nitrogen and oxygen atoms in total. The van der Waals surface area contributed by atoms with E-state index < -0.39 is 23.7 Å². The molecule has 0 atom stereocenters. The Labute approximate surface area is 379 Å². The first-order valence-corrected chi connectivity index (χ1v) is 24.0. The summed E-state index contributed by atoms with van der Waals surface area (Å²) in [6.07, 6.45) is 10.0. The quantitative estimate of drug-likeness (QED) is 0.0949. The van der Waals surface area contributed by atoms with E-state index in [1.807, 2.05) is 12.2 Å². The van der Waals surface area contributed by atoms with Crippen LogP contribution in [0, 0.1) is 17.4 Å². The fraction of sp³-hybridized carbons (Fsp3) is 0.204. The maximum Gasteiger partial charge on any atom is 1.00 e. The number of halogens is 6. The summed E-state index contributed by atoms with van der Waals surface area (Å²) in [5.74, 6) is 0. The van der Waals surface area contributed by atoms with Crippen LogP contribution in [0.5, 0.6) is 0 Å². The molecule has 0 aliphatic heterocycles. The molecule has 0 amide bonds. The van der Waals surface area contributed by atoms with Gasteiger partial charge in [-0.3, -0.25) is 9.97 Å². The summed E-state index contributed by atoms with van der Waals surface area (Å²) in [6.45, 7) is 14.7. The molecule has 6 aromatic rings. The second-order valence-corrected chi connectivity index (χ2v) is 21.7. The van der Waals surface area contributed by atoms with Gasteiger partial charge in [0.25, 0.3) is 0 Å². The van der Waals surface area contributed by atoms with Crippen molar-refractivity contribution in [2.75, 3.05) is 0 Å². The van der Waals surface area contributed by atoms with Gasteiger partial charge in [0.1, 0.15) is 0 Å². The second-order valence-electron chi connectivity index (χ2n) is 15.5. The van der Waals surface area contributed by atoms with Gasteiger partial charge < -0.3 is 0 Å². The minimum Gasteiger partial charge on any atom is -0.0801 e. The van der Waals surface area contributed by atoms with Crippen molar-refractivity contribution in [2.24, 2.45) is 0 Å². The normalized spacial score (nSPS) is 12.8. The molecule has 2 heterocycles. The van der Waals surface area contributed by atoms with Gasteiger partial charge in [0.05, 0.1) is 16.9 Å². The van der Waals surface area contributed by atoms with Crippen LogP contribution in [0.1, 0.15) is 66.3 Å². The van der Waals surface area contributed by atoms with Crippen molar-refractivity contribution in [3.8, 4) is 6.07 Å². The second kappa shape index (κ2) is 23.4. The number of rotatable bonds is 6. The van der Waals surface area contributed by atoms with E-state index in [4.69, 9.17) is 15.2 Å². The van der Waals surface area contributed by atoms with E-state index in [-0.39, 0.29) is 30.3 Å². The van der Waals surface area contributed by atoms with Crippen molar-refractivity contribution in [1.82, 2.24) is 9.97 Å². The van der Waals surface area contributed by atoms with Crippen LogP contribution in [0.3, 0.4) is 0 Å². The fourth-order valence-corrected chi connectivity index (χ4v) is 9.83. The van der Waals surface area contributed by atoms with Crippen LogP contribution < -0.4 is 32.1 Å². The molecule has 62 heavy (non-hydrogen) atoms. The van der Waals surface area contributed by atoms with Crippen molar-refractivity contribution in [3.63, 3.8) is 0 Å². The zero-order valence-electron chi connectivity index (χ0n) is 35.8. The molecule has 1 aliphatic carbocycles. The molecule has 0 saturated carbocycles. The Morgan fingerprint density at radius 2 is 0.790 bits per heavy atom. The number of hydrogen-bond acceptors (Lipinski definition) is 3. The summed E-state index contributed by atoms with van der Waals surface area (Å²) in [5, 5.41) is 12.7. The zero-order chi connectivity index (χ0) is 45.2. The maximum atomic E-state index is 9.87. The van der Waals surface area contributed by atoms with Gasteiger partial charge >= 0.3 is 52.5 Å². The first kappa shape index (κ1) is 53.8. The number of benzene rings is 4. The van der Waals surface area contributed by atoms with E-state index in [0.29, 0.717) is 0 Å². The molecule has 2 aromatic heterocycles. The van der Waals surface area contributed by atoms with Gasteiger partial charge in [-0.1, -0.05) is 193 Å². The van der Waals surface area contributed by atoms with Gasteiger partial charge in [0.15, 0.2) is 0 Å². The third kappa shape index (κ3) is 21.1. The zero-order valence-corrected chi connectivity index (χ0v) is 40.2. The molecule has 1 aliphatic rings. The fourth-order valence-electron chi connectivity index (χ4n) is 5.41. The van der Waals surface area contributed by atoms with Crippen LogP contribution in [0.25, 0.3) is 0 Å². The summed E-state index contributed by atoms with van der Waals surface area (Å²) < 4.78 is 59.2. The number of pyridine rings is 2. The van der Waals surface area contributed by atoms with Crippen LogP contribution in [-0.2, 0) is 30.3 Å². The molecule has 0 saturated heterocycles. The van der Waals surface area contributed by atoms with E-state index >= 15 is 0 Å². The number of nitriles is 1. The average molecular weight is 991 g/mol. The first-order chi connectivity index (χ1) is 28.5. The van der Waals surface area contributed by atoms with E-state index in [0.717, 1.165) is 17.8 Å². The predicted octanol–water partition coefficient (Wildman–Crippen LogP) is 13.5. The Bertz CT molecular complexity index is 2090. The number of hydrogen-bond donors (Lipinski definition) is 0. The molecule has 4 aromatic carbocycles. The molecule has 0 fully saturated rings. The average Bonchev–Trinajstić information content (AvgIpc) is 3.80. The predicted molar refractivity (Wildman–Crippen MR) is 250 cm³/mol. The summed E-state index contributed by atoms with van der Waals surface area (Å²) in [5.41, 5.74) is 4.76. The summed E-state index contributed by atoms with van der Waals surface area (Å²) in [6, 6.07) is 57.5. The Morgan fingerprint density at radius 3 is 0.984 bits per heavy atom. The molecular weight excluding hydrogens is 939 g/mol. The summed E-state index contributed by atoms with van der Waals surface area (Å²) in [7, 11) is -11.9. The monoisotopic (exact) mass is 991 g/mol. The number of aromatic nitrogens is 2. The molecule has 0 N–H and O–H groups in total. The standard InChI is InChI=1S/2C21H22NP.C5H5.C2H3N.F6P.Ru/c2*1-21(2,3)19-15-10-16-20(22-19)23(17-11-6-4-7-12-17)18-13-8-5-9-14-18;1-2-4-5-3-1;1-2-3;1-7(2,3,4,5)6;/h2*4-16H,1-3H3;1-3H,4H2;1H3;;/q;;;;-1;+1. The van der Waals surface area contributed by atoms with E-state index in [1.54, 1.807) is 6.07 Å². The smallest absolute Gasteiger partial charge is 0.0801 e. The van der Waals surface area contributed by atoms with Crippen molar-refractivity contribution in [1.29, 1.82) is 5.26 Å². The number of nitrogens with zero attached hydrogens (tertiary/aromatic N) is 3. The molecule has 328 valence electrons. The van der Waals surface area contributed by atoms with Gasteiger partial charge in [-0.15, -0.1) is 0 Å². The Balaban J connectivity index is 0.000000318. The van der Waals surface area contributed by atoms with Crippen molar-refractivity contribution >= 4 is 55.7 Å². The molecular formula is C49H52F6N3P3Ru. The molecule has 2 radical (unpaired) electrons. The van der Waals surface area contributed by atoms with Gasteiger partial charge in [-0.05, 0) is 58.0 Å². The van der Waals surface area contributed by atoms with Crippen LogP contribution in [0.4, 0.5) is 25.2 Å². The topological polar surface area (TPSA) is 49.6 Å². The third-order valence-electron chi connectivity index (χ3n) is 8.11. The van der Waals surface area contributed by atoms with Gasteiger partial charge in [0, 0.05) is 45.0 Å². The van der Waals surface area contributed by atoms with E-state index in [1.165, 1.54) is 39.0 Å². The Kier molecular flexibility index (Phi) is 20.3. The molecule has 7 rings (SSSR count). The summed E-state index contributed by atoms with van der Waals surface area (Å²) >= 11 is 0. The van der Waals surface area contributed by atoms with Crippen molar-refractivity contribution in [3.05, 3.63) is 193 Å². The van der Waals surface area contributed by atoms with Crippen molar-refractivity contribution in [2.45, 2.75) is 65.7 Å². The SMILES string of the molecule is CC#N.CC(C)(C)c1cccc(P(c2ccccc2)c2ccccc2)n1.CC(C)(C)c1cccc(P(c2ccccc2)c2ccccc2)n1.F[P-](F)(F)(F)(F)F.[C]1=CC=CC1.[Ru+]. The largest absolute Gasteiger partial charge is 1.00 e. The molecule has 13 heteroatoms. The third-order valence-corrected chi connectivity index (χ3v) is 12.8. The van der Waals surface area contributed by atoms with E-state index in [9.17, 15) is 25.2 Å². The molecule has 0 unspecified atom stereocenters. The summed E-state index contributed by atoms with van der Waals surface area (Å²) in [4.78, 5) is 10.1. The van der Waals surface area contributed by atoms with Crippen LogP contribution >= 0.6 is 23.7 Å². The van der Waals surface area contributed by atoms with Gasteiger partial charge in [-0.25, -0.2) is 0 Å². The van der Waals surface area contributed by atoms with Gasteiger partial charge in [-0.2, -0.15) is 5.26 Å². The molecule has 0 bridgehead atoms. The van der Waals surface area contributed by atoms with Crippen LogP contribution in [-0.4, -0.2) is 9.97 Å². The number of allylic oxidation sites excluding steroid dienone is 4. The van der Waals surface area contributed by atoms with Crippen LogP contribution in [0.2, 0.25) is 0 Å². The van der Waals surface area contributed by atoms with Crippen molar-refractivity contribution < 1.29 is 44.7 Å². The maximum absolute atomic E-state index is 10.7.